The number of carbonyl (C=O) groups excluding carboxylic acids is 1. The molecule has 2 unspecified atom stereocenters. The summed E-state index contributed by atoms with van der Waals surface area (Å²) in [5.74, 6) is 0.754. The van der Waals surface area contributed by atoms with Gasteiger partial charge in [0.2, 0.25) is 5.91 Å². The number of carbonyl (C=O) groups is 1. The van der Waals surface area contributed by atoms with Crippen molar-refractivity contribution in [1.29, 1.82) is 0 Å². The van der Waals surface area contributed by atoms with Gasteiger partial charge in [0.25, 0.3) is 0 Å². The number of β-amino-alcohol motifs (C(OH)–C–C–N with tert-alkyl or cyclic N) is 1. The van der Waals surface area contributed by atoms with E-state index < -0.39 is 0 Å². The molecule has 2 atom stereocenters. The van der Waals surface area contributed by atoms with Crippen LogP contribution in [0.15, 0.2) is 0 Å². The van der Waals surface area contributed by atoms with E-state index >= 15 is 0 Å². The molecule has 0 bridgehead atoms. The van der Waals surface area contributed by atoms with Crippen LogP contribution in [-0.4, -0.2) is 66.7 Å². The lowest BCUT2D eigenvalue weighted by molar-refractivity contribution is -0.151. The Morgan fingerprint density at radius 1 is 1.47 bits per heavy atom. The van der Waals surface area contributed by atoms with Crippen molar-refractivity contribution in [3.8, 4) is 0 Å². The van der Waals surface area contributed by atoms with E-state index in [-0.39, 0.29) is 23.5 Å². The standard InChI is InChI=1S/C14H27N3O2/c1-10-5-14(6-10,9-15)13(19)17-8-12(18)4-11(17)7-16(2)3/h10-12,18H,4-9,15H2,1-3H3. The molecule has 19 heavy (non-hydrogen) atoms. The fourth-order valence-corrected chi connectivity index (χ4v) is 3.74. The van der Waals surface area contributed by atoms with Gasteiger partial charge in [0.05, 0.1) is 11.5 Å². The summed E-state index contributed by atoms with van der Waals surface area (Å²) < 4.78 is 0. The van der Waals surface area contributed by atoms with Crippen molar-refractivity contribution in [3.63, 3.8) is 0 Å². The first kappa shape index (κ1) is 14.8. The SMILES string of the molecule is CC1CC(CN)(C(=O)N2CC(O)CC2CN(C)C)C1. The van der Waals surface area contributed by atoms with Crippen molar-refractivity contribution in [3.05, 3.63) is 0 Å². The maximum atomic E-state index is 12.8. The predicted molar refractivity (Wildman–Crippen MR) is 74.6 cm³/mol. The molecule has 1 heterocycles. The van der Waals surface area contributed by atoms with Crippen LogP contribution >= 0.6 is 0 Å². The molecular weight excluding hydrogens is 242 g/mol. The molecule has 0 spiro atoms. The number of aliphatic hydroxyl groups is 1. The fourth-order valence-electron chi connectivity index (χ4n) is 3.74. The average Bonchev–Trinajstić information content (AvgIpc) is 2.63. The third-order valence-corrected chi connectivity index (χ3v) is 4.55. The first-order chi connectivity index (χ1) is 8.88. The molecule has 3 N–H and O–H groups in total. The van der Waals surface area contributed by atoms with Crippen LogP contribution in [0.1, 0.15) is 26.2 Å². The summed E-state index contributed by atoms with van der Waals surface area (Å²) in [6.45, 7) is 3.86. The Morgan fingerprint density at radius 2 is 2.11 bits per heavy atom. The summed E-state index contributed by atoms with van der Waals surface area (Å²) in [6, 6.07) is 0.122. The van der Waals surface area contributed by atoms with Crippen LogP contribution in [0.25, 0.3) is 0 Å². The first-order valence-electron chi connectivity index (χ1n) is 7.22. The molecule has 1 aliphatic heterocycles. The first-order valence-corrected chi connectivity index (χ1v) is 7.22. The van der Waals surface area contributed by atoms with Gasteiger partial charge in [-0.3, -0.25) is 4.79 Å². The van der Waals surface area contributed by atoms with Crippen molar-refractivity contribution >= 4 is 5.91 Å². The Labute approximate surface area is 115 Å². The molecule has 0 radical (unpaired) electrons. The molecular formula is C14H27N3O2. The molecule has 2 rings (SSSR count). The summed E-state index contributed by atoms with van der Waals surface area (Å²) in [4.78, 5) is 16.7. The topological polar surface area (TPSA) is 69.8 Å². The van der Waals surface area contributed by atoms with Crippen molar-refractivity contribution in [2.24, 2.45) is 17.1 Å². The number of nitrogens with zero attached hydrogens (tertiary/aromatic N) is 2. The minimum Gasteiger partial charge on any atom is -0.391 e. The van der Waals surface area contributed by atoms with Gasteiger partial charge >= 0.3 is 0 Å². The van der Waals surface area contributed by atoms with Crippen LogP contribution in [0.5, 0.6) is 0 Å². The van der Waals surface area contributed by atoms with E-state index in [1.807, 2.05) is 19.0 Å². The predicted octanol–water partition coefficient (Wildman–Crippen LogP) is -0.115. The zero-order valence-corrected chi connectivity index (χ0v) is 12.3. The second-order valence-electron chi connectivity index (χ2n) is 6.76. The van der Waals surface area contributed by atoms with Crippen LogP contribution < -0.4 is 5.73 Å². The molecule has 2 fully saturated rings. The number of hydrogen-bond donors (Lipinski definition) is 2. The van der Waals surface area contributed by atoms with Gasteiger partial charge in [-0.1, -0.05) is 6.92 Å². The van der Waals surface area contributed by atoms with Crippen molar-refractivity contribution < 1.29 is 9.90 Å². The maximum Gasteiger partial charge on any atom is 0.230 e. The third-order valence-electron chi connectivity index (χ3n) is 4.55. The molecule has 110 valence electrons. The lowest BCUT2D eigenvalue weighted by Gasteiger charge is -2.47. The molecule has 1 amide bonds. The van der Waals surface area contributed by atoms with Crippen LogP contribution in [0, 0.1) is 11.3 Å². The summed E-state index contributed by atoms with van der Waals surface area (Å²) in [7, 11) is 3.99. The number of amides is 1. The molecule has 1 saturated heterocycles. The van der Waals surface area contributed by atoms with Gasteiger partial charge in [0.15, 0.2) is 0 Å². The highest BCUT2D eigenvalue weighted by Gasteiger charge is 2.51. The Kier molecular flexibility index (Phi) is 4.18. The van der Waals surface area contributed by atoms with E-state index in [0.717, 1.165) is 19.4 Å². The monoisotopic (exact) mass is 269 g/mol. The number of nitrogens with two attached hydrogens (primary N) is 1. The molecule has 0 aromatic heterocycles. The summed E-state index contributed by atoms with van der Waals surface area (Å²) in [6.07, 6.45) is 2.08. The Balaban J connectivity index is 2.08. The van der Waals surface area contributed by atoms with E-state index in [4.69, 9.17) is 5.73 Å². The number of hydrogen-bond acceptors (Lipinski definition) is 4. The summed E-state index contributed by atoms with van der Waals surface area (Å²) in [5, 5.41) is 9.87. The molecule has 0 aromatic carbocycles. The molecule has 1 saturated carbocycles. The third kappa shape index (κ3) is 2.78. The van der Waals surface area contributed by atoms with Crippen molar-refractivity contribution in [1.82, 2.24) is 9.80 Å². The van der Waals surface area contributed by atoms with E-state index in [2.05, 4.69) is 11.8 Å². The van der Waals surface area contributed by atoms with E-state index in [1.54, 1.807) is 0 Å². The zero-order chi connectivity index (χ0) is 14.2. The molecule has 1 aliphatic carbocycles. The van der Waals surface area contributed by atoms with E-state index in [9.17, 15) is 9.90 Å². The van der Waals surface area contributed by atoms with Crippen LogP contribution in [0.3, 0.4) is 0 Å². The Hall–Kier alpha value is -0.650. The Morgan fingerprint density at radius 3 is 2.58 bits per heavy atom. The minimum atomic E-state index is -0.388. The smallest absolute Gasteiger partial charge is 0.230 e. The summed E-state index contributed by atoms with van der Waals surface area (Å²) in [5.41, 5.74) is 5.51. The maximum absolute atomic E-state index is 12.8. The molecule has 2 aliphatic rings. The van der Waals surface area contributed by atoms with Gasteiger partial charge in [-0.25, -0.2) is 0 Å². The second-order valence-corrected chi connectivity index (χ2v) is 6.76. The fraction of sp³-hybridized carbons (Fsp3) is 0.929. The Bertz CT molecular complexity index is 340. The number of rotatable bonds is 4. The number of likely N-dealkylation sites (N-methyl/N-ethyl adjacent to an activating group) is 1. The zero-order valence-electron chi connectivity index (χ0n) is 12.3. The van der Waals surface area contributed by atoms with Gasteiger partial charge < -0.3 is 20.6 Å². The highest BCUT2D eigenvalue weighted by Crippen LogP contribution is 2.46. The van der Waals surface area contributed by atoms with Gasteiger partial charge in [-0.2, -0.15) is 0 Å². The quantitative estimate of drug-likeness (QED) is 0.747. The summed E-state index contributed by atoms with van der Waals surface area (Å²) >= 11 is 0. The number of aliphatic hydroxyl groups excluding tert-OH is 1. The lowest BCUT2D eigenvalue weighted by atomic mass is 9.61. The average molecular weight is 269 g/mol. The van der Waals surface area contributed by atoms with Crippen LogP contribution in [-0.2, 0) is 4.79 Å². The largest absolute Gasteiger partial charge is 0.391 e. The van der Waals surface area contributed by atoms with Gasteiger partial charge in [-0.05, 0) is 39.3 Å². The molecule has 0 aromatic rings. The second kappa shape index (κ2) is 5.38. The van der Waals surface area contributed by atoms with Crippen molar-refractivity contribution in [2.75, 3.05) is 33.7 Å². The highest BCUT2D eigenvalue weighted by atomic mass is 16.3. The highest BCUT2D eigenvalue weighted by molar-refractivity contribution is 5.84. The lowest BCUT2D eigenvalue weighted by Crippen LogP contribution is -2.56. The molecule has 5 heteroatoms. The van der Waals surface area contributed by atoms with Gasteiger partial charge in [0.1, 0.15) is 0 Å². The minimum absolute atomic E-state index is 0.122. The van der Waals surface area contributed by atoms with Gasteiger partial charge in [-0.15, -0.1) is 0 Å². The number of likely N-dealkylation sites (tertiary alicyclic amines) is 1. The van der Waals surface area contributed by atoms with E-state index in [1.165, 1.54) is 0 Å². The van der Waals surface area contributed by atoms with Gasteiger partial charge in [0, 0.05) is 25.7 Å². The molecule has 5 nitrogen and oxygen atoms in total. The van der Waals surface area contributed by atoms with Crippen LogP contribution in [0.2, 0.25) is 0 Å². The normalized spacial score (nSPS) is 38.6. The van der Waals surface area contributed by atoms with Crippen LogP contribution in [0.4, 0.5) is 0 Å². The van der Waals surface area contributed by atoms with E-state index in [0.29, 0.717) is 25.4 Å². The van der Waals surface area contributed by atoms with Crippen molar-refractivity contribution in [2.45, 2.75) is 38.3 Å².